The van der Waals surface area contributed by atoms with Crippen LogP contribution in [-0.2, 0) is 21.5 Å². The molecule has 4 aromatic rings. The number of rotatable bonds is 4. The van der Waals surface area contributed by atoms with E-state index in [-0.39, 0.29) is 11.8 Å². The van der Waals surface area contributed by atoms with Gasteiger partial charge in [-0.25, -0.2) is 0 Å². The van der Waals surface area contributed by atoms with Gasteiger partial charge in [-0.05, 0) is 41.3 Å². The van der Waals surface area contributed by atoms with Gasteiger partial charge in [0.1, 0.15) is 0 Å². The molecule has 2 atom stereocenters. The molecule has 1 saturated heterocycles. The van der Waals surface area contributed by atoms with Crippen LogP contribution in [-0.4, -0.2) is 47.3 Å². The van der Waals surface area contributed by atoms with Gasteiger partial charge >= 0.3 is 0 Å². The Kier molecular flexibility index (Phi) is 4.41. The number of benzene rings is 3. The molecule has 34 heavy (non-hydrogen) atoms. The second-order valence-electron chi connectivity index (χ2n) is 9.69. The van der Waals surface area contributed by atoms with E-state index >= 15 is 0 Å². The van der Waals surface area contributed by atoms with Gasteiger partial charge < -0.3 is 10.1 Å². The Hall–Kier alpha value is -3.48. The number of anilines is 1. The van der Waals surface area contributed by atoms with Gasteiger partial charge in [0.2, 0.25) is 5.91 Å². The van der Waals surface area contributed by atoms with Crippen LogP contribution in [0.15, 0.2) is 66.7 Å². The third-order valence-electron chi connectivity index (χ3n) is 7.72. The smallest absolute Gasteiger partial charge is 0.235 e. The molecule has 7 rings (SSSR count). The van der Waals surface area contributed by atoms with Crippen molar-refractivity contribution >= 4 is 22.5 Å². The van der Waals surface area contributed by atoms with E-state index in [1.165, 1.54) is 11.1 Å². The summed E-state index contributed by atoms with van der Waals surface area (Å²) in [4.78, 5) is 15.3. The van der Waals surface area contributed by atoms with Crippen LogP contribution in [0.3, 0.4) is 0 Å². The maximum Gasteiger partial charge on any atom is 0.235 e. The van der Waals surface area contributed by atoms with E-state index < -0.39 is 5.41 Å². The number of nitrogens with one attached hydrogen (secondary N) is 2. The Morgan fingerprint density at radius 2 is 1.91 bits per heavy atom. The zero-order chi connectivity index (χ0) is 22.7. The van der Waals surface area contributed by atoms with Crippen LogP contribution in [0.25, 0.3) is 22.2 Å². The van der Waals surface area contributed by atoms with Crippen LogP contribution in [0.5, 0.6) is 0 Å². The highest BCUT2D eigenvalue weighted by atomic mass is 16.5. The standard InChI is InChI=1S/C28H26N4O2/c33-27-28(22-6-1-2-7-24(22)29-27)16-23(28)19-8-9-21-25(15-19)30-31-26(21)20-5-3-4-18(14-20)17-32-10-12-34-13-11-32/h1-9,14-15,23H,10-13,16-17H2,(H,29,33)(H,30,31)/t23?,28-/m0/s1. The van der Waals surface area contributed by atoms with Gasteiger partial charge in [0.15, 0.2) is 0 Å². The Balaban J connectivity index is 1.18. The highest BCUT2D eigenvalue weighted by molar-refractivity contribution is 6.10. The number of para-hydroxylation sites is 1. The van der Waals surface area contributed by atoms with Crippen molar-refractivity contribution in [1.82, 2.24) is 15.1 Å². The molecule has 2 N–H and O–H groups in total. The number of carbonyl (C=O) groups is 1. The molecule has 2 fully saturated rings. The third-order valence-corrected chi connectivity index (χ3v) is 7.72. The molecule has 1 amide bonds. The normalized spacial score (nSPS) is 23.9. The average molecular weight is 451 g/mol. The molecule has 1 saturated carbocycles. The average Bonchev–Trinajstić information content (AvgIpc) is 3.39. The van der Waals surface area contributed by atoms with Crippen LogP contribution in [0.4, 0.5) is 5.69 Å². The lowest BCUT2D eigenvalue weighted by atomic mass is 9.91. The summed E-state index contributed by atoms with van der Waals surface area (Å²) in [5, 5.41) is 12.1. The molecule has 170 valence electrons. The number of aromatic nitrogens is 2. The fourth-order valence-corrected chi connectivity index (χ4v) is 5.86. The number of nitrogens with zero attached hydrogens (tertiary/aromatic N) is 2. The van der Waals surface area contributed by atoms with Crippen molar-refractivity contribution in [2.75, 3.05) is 31.6 Å². The second-order valence-corrected chi connectivity index (χ2v) is 9.69. The number of hydrogen-bond donors (Lipinski definition) is 2. The van der Waals surface area contributed by atoms with Gasteiger partial charge in [-0.15, -0.1) is 0 Å². The molecule has 1 aliphatic carbocycles. The van der Waals surface area contributed by atoms with Gasteiger partial charge in [0.05, 0.1) is 29.8 Å². The molecule has 6 nitrogen and oxygen atoms in total. The van der Waals surface area contributed by atoms with Crippen LogP contribution >= 0.6 is 0 Å². The van der Waals surface area contributed by atoms with Crippen molar-refractivity contribution in [2.45, 2.75) is 24.3 Å². The first kappa shape index (κ1) is 19.9. The van der Waals surface area contributed by atoms with Gasteiger partial charge in [-0.2, -0.15) is 5.10 Å². The Morgan fingerprint density at radius 1 is 1.03 bits per heavy atom. The molecule has 3 aromatic carbocycles. The van der Waals surface area contributed by atoms with Crippen LogP contribution < -0.4 is 5.32 Å². The summed E-state index contributed by atoms with van der Waals surface area (Å²) in [6, 6.07) is 23.3. The van der Waals surface area contributed by atoms with Crippen molar-refractivity contribution in [3.05, 3.63) is 83.4 Å². The molecular weight excluding hydrogens is 424 g/mol. The van der Waals surface area contributed by atoms with E-state index in [4.69, 9.17) is 4.74 Å². The van der Waals surface area contributed by atoms with Gasteiger partial charge in [-0.3, -0.25) is 14.8 Å². The number of carbonyl (C=O) groups excluding carboxylic acids is 1. The molecular formula is C28H26N4O2. The Labute approximate surface area is 197 Å². The maximum atomic E-state index is 12.9. The molecule has 1 unspecified atom stereocenters. The molecule has 3 aliphatic rings. The Morgan fingerprint density at radius 3 is 2.82 bits per heavy atom. The number of ether oxygens (including phenoxy) is 1. The molecule has 0 bridgehead atoms. The van der Waals surface area contributed by atoms with Crippen molar-refractivity contribution < 1.29 is 9.53 Å². The third kappa shape index (κ3) is 3.02. The van der Waals surface area contributed by atoms with Crippen molar-refractivity contribution in [1.29, 1.82) is 0 Å². The summed E-state index contributed by atoms with van der Waals surface area (Å²) >= 11 is 0. The first-order chi connectivity index (χ1) is 16.7. The number of H-pyrrole nitrogens is 1. The predicted molar refractivity (Wildman–Crippen MR) is 132 cm³/mol. The van der Waals surface area contributed by atoms with Crippen molar-refractivity contribution in [2.24, 2.45) is 0 Å². The summed E-state index contributed by atoms with van der Waals surface area (Å²) < 4.78 is 5.47. The van der Waals surface area contributed by atoms with E-state index in [1.54, 1.807) is 0 Å². The van der Waals surface area contributed by atoms with Crippen LogP contribution in [0.1, 0.15) is 29.0 Å². The summed E-state index contributed by atoms with van der Waals surface area (Å²) in [5.74, 6) is 0.324. The van der Waals surface area contributed by atoms with Gasteiger partial charge in [0, 0.05) is 42.2 Å². The fraction of sp³-hybridized carbons (Fsp3) is 0.286. The first-order valence-corrected chi connectivity index (χ1v) is 12.0. The number of fused-ring (bicyclic) bond motifs is 3. The highest BCUT2D eigenvalue weighted by Gasteiger charge is 2.65. The minimum Gasteiger partial charge on any atom is -0.379 e. The van der Waals surface area contributed by atoms with E-state index in [0.717, 1.165) is 72.7 Å². The van der Waals surface area contributed by atoms with Crippen LogP contribution in [0.2, 0.25) is 0 Å². The highest BCUT2D eigenvalue weighted by Crippen LogP contribution is 2.65. The number of morpholine rings is 1. The van der Waals surface area contributed by atoms with Crippen LogP contribution in [0, 0.1) is 0 Å². The summed E-state index contributed by atoms with van der Waals surface area (Å²) in [7, 11) is 0. The lowest BCUT2D eigenvalue weighted by molar-refractivity contribution is -0.118. The molecule has 3 heterocycles. The van der Waals surface area contributed by atoms with E-state index in [9.17, 15) is 4.79 Å². The summed E-state index contributed by atoms with van der Waals surface area (Å²) in [5.41, 5.74) is 7.26. The largest absolute Gasteiger partial charge is 0.379 e. The quantitative estimate of drug-likeness (QED) is 0.482. The topological polar surface area (TPSA) is 70.2 Å². The SMILES string of the molecule is O=C1Nc2ccccc2[C@]12CC2c1ccc2c(-c3cccc(CN4CCOCC4)c3)n[nH]c2c1. The monoisotopic (exact) mass is 450 g/mol. The lowest BCUT2D eigenvalue weighted by Crippen LogP contribution is -2.35. The van der Waals surface area contributed by atoms with E-state index in [1.807, 2.05) is 18.2 Å². The number of aromatic amines is 1. The Bertz CT molecular complexity index is 1420. The number of amides is 1. The maximum absolute atomic E-state index is 12.9. The van der Waals surface area contributed by atoms with Crippen molar-refractivity contribution in [3.63, 3.8) is 0 Å². The zero-order valence-corrected chi connectivity index (χ0v) is 18.9. The van der Waals surface area contributed by atoms with Gasteiger partial charge in [-0.1, -0.05) is 48.5 Å². The lowest BCUT2D eigenvalue weighted by Gasteiger charge is -2.26. The second kappa shape index (κ2) is 7.52. The minimum absolute atomic E-state index is 0.126. The molecule has 2 aliphatic heterocycles. The minimum atomic E-state index is -0.416. The summed E-state index contributed by atoms with van der Waals surface area (Å²) in [6.45, 7) is 4.49. The fourth-order valence-electron chi connectivity index (χ4n) is 5.86. The molecule has 0 radical (unpaired) electrons. The molecule has 1 spiro atoms. The van der Waals surface area contributed by atoms with E-state index in [2.05, 4.69) is 68.9 Å². The van der Waals surface area contributed by atoms with Gasteiger partial charge in [0.25, 0.3) is 0 Å². The predicted octanol–water partition coefficient (Wildman–Crippen LogP) is 4.44. The van der Waals surface area contributed by atoms with E-state index in [0.29, 0.717) is 0 Å². The number of hydrogen-bond acceptors (Lipinski definition) is 4. The first-order valence-electron chi connectivity index (χ1n) is 12.0. The summed E-state index contributed by atoms with van der Waals surface area (Å²) in [6.07, 6.45) is 0.853. The zero-order valence-electron chi connectivity index (χ0n) is 18.9. The molecule has 1 aromatic heterocycles. The van der Waals surface area contributed by atoms with Crippen molar-refractivity contribution in [3.8, 4) is 11.3 Å². The molecule has 6 heteroatoms.